The zero-order valence-corrected chi connectivity index (χ0v) is 57.8. The number of carbonyl (C=O) groups excluding carboxylic acids is 1. The number of fused-ring (bicyclic) bond motifs is 6. The summed E-state index contributed by atoms with van der Waals surface area (Å²) in [5.74, 6) is 0.169. The van der Waals surface area contributed by atoms with Crippen molar-refractivity contribution in [3.05, 3.63) is 316 Å². The van der Waals surface area contributed by atoms with Crippen LogP contribution in [0.1, 0.15) is 122 Å². The zero-order chi connectivity index (χ0) is 66.2. The molecular weight excluding hydrogens is 1320 g/mol. The normalized spacial score (nSPS) is 18.7. The fourth-order valence-corrected chi connectivity index (χ4v) is 18.7. The van der Waals surface area contributed by atoms with Gasteiger partial charge in [0, 0.05) is 82.8 Å². The van der Waals surface area contributed by atoms with Crippen LogP contribution >= 0.6 is 31.9 Å². The molecule has 2 fully saturated rings. The topological polar surface area (TPSA) is 116 Å². The summed E-state index contributed by atoms with van der Waals surface area (Å²) >= 11 is 7.21. The summed E-state index contributed by atoms with van der Waals surface area (Å²) in [6.07, 6.45) is 27.6. The van der Waals surface area contributed by atoms with Gasteiger partial charge >= 0.3 is 0 Å². The summed E-state index contributed by atoms with van der Waals surface area (Å²) in [6, 6.07) is 68.3. The van der Waals surface area contributed by atoms with E-state index in [1.54, 1.807) is 12.1 Å². The van der Waals surface area contributed by atoms with Crippen molar-refractivity contribution in [1.29, 1.82) is 0 Å². The summed E-state index contributed by atoms with van der Waals surface area (Å²) in [5.41, 5.74) is 16.6. The number of para-hydroxylation sites is 2. The molecule has 0 unspecified atom stereocenters. The number of nitro groups is 2. The first-order chi connectivity index (χ1) is 46.7. The number of Topliss-reactive ketones (excluding diaryl/α,β-unsaturated/α-hetero) is 1. The second-order valence-corrected chi connectivity index (χ2v) is 29.1. The SMILES string of the molecule is C[N+]1=C(C=CC=C2N(CCC(=O)CCN3C(=CC=CC4=[N+](C)c5cc([N+](=O)[O-])c(Br)cc5C45CCCCC5)C(Cc4ccccc4)(Cc4ccccc4)c4ccccc43)c3ccccc3C2(Cc2ccccc2)Cc2ccccc2)C2(CCCCC2)c2cc(Br)c([N+](=O)[O-])cc21. The molecule has 0 atom stereocenters. The number of nitrogens with zero attached hydrogens (tertiary/aromatic N) is 6. The first kappa shape index (κ1) is 64.4. The second kappa shape index (κ2) is 26.9. The van der Waals surface area contributed by atoms with Gasteiger partial charge in [0.15, 0.2) is 11.4 Å². The Labute approximate surface area is 580 Å². The number of hydrogen-bond donors (Lipinski definition) is 0. The molecule has 8 aromatic rings. The highest BCUT2D eigenvalue weighted by atomic mass is 79.9. The lowest BCUT2D eigenvalue weighted by Crippen LogP contribution is -2.37. The van der Waals surface area contributed by atoms with Crippen LogP contribution in [0.25, 0.3) is 0 Å². The molecule has 2 spiro atoms. The molecule has 2 saturated carbocycles. The minimum atomic E-state index is -0.539. The Bertz CT molecular complexity index is 4160. The number of rotatable bonds is 20. The predicted octanol–water partition coefficient (Wildman–Crippen LogP) is 19.3. The molecule has 0 amide bonds. The van der Waals surface area contributed by atoms with E-state index in [1.807, 2.05) is 12.1 Å². The van der Waals surface area contributed by atoms with Crippen LogP contribution in [0.5, 0.6) is 0 Å². The number of allylic oxidation sites excluding steroid dienone is 8. The Morgan fingerprint density at radius 3 is 1.11 bits per heavy atom. The number of nitro benzene ring substituents is 2. The van der Waals surface area contributed by atoms with Crippen LogP contribution in [0.2, 0.25) is 0 Å². The van der Waals surface area contributed by atoms with Crippen molar-refractivity contribution in [3.8, 4) is 0 Å². The van der Waals surface area contributed by atoms with Crippen LogP contribution in [0, 0.1) is 20.2 Å². The van der Waals surface area contributed by atoms with Crippen LogP contribution in [0.3, 0.4) is 0 Å². The van der Waals surface area contributed by atoms with E-state index >= 15 is 4.79 Å². The monoisotopic (exact) mass is 1400 g/mol. The van der Waals surface area contributed by atoms with Gasteiger partial charge in [0.25, 0.3) is 11.4 Å². The molecule has 0 bridgehead atoms. The molecule has 14 rings (SSSR count). The second-order valence-electron chi connectivity index (χ2n) is 27.3. The molecule has 96 heavy (non-hydrogen) atoms. The molecule has 4 aliphatic heterocycles. The van der Waals surface area contributed by atoms with Crippen molar-refractivity contribution in [2.75, 3.05) is 37.0 Å². The van der Waals surface area contributed by atoms with Crippen molar-refractivity contribution in [2.24, 2.45) is 0 Å². The van der Waals surface area contributed by atoms with E-state index in [2.05, 4.69) is 271 Å². The van der Waals surface area contributed by atoms with Crippen molar-refractivity contribution in [2.45, 2.75) is 124 Å². The molecule has 4 heterocycles. The Hall–Kier alpha value is -8.91. The summed E-state index contributed by atoms with van der Waals surface area (Å²) in [4.78, 5) is 44.5. The standard InChI is InChI=1S/C83H80Br2N6O5/c1-86-72-53-74(90(93)94)68(84)51-66(72)80(45-21-7-22-46-80)76(86)39-25-41-78-82(55-59-27-9-3-10-28-59,56-60-29-11-4-12-30-60)64-35-17-19-37-70(64)88(78)49-43-63(92)44-50-89-71-38-20-18-36-65(71)83(57-61-31-13-5-14-32-61,58-62-33-15-6-16-34-62)79(89)42-26-40-77-81(47-23-8-24-48-81)67-52-69(85)75(91(95)96)54-73(67)87(77)2/h3-6,9-20,25-42,51-54H,7-8,21-24,43-50,55-58H2,1-2H3/q+2. The van der Waals surface area contributed by atoms with Crippen molar-refractivity contribution < 1.29 is 23.8 Å². The molecule has 11 nitrogen and oxygen atoms in total. The predicted molar refractivity (Wildman–Crippen MR) is 393 cm³/mol. The third kappa shape index (κ3) is 11.7. The minimum Gasteiger partial charge on any atom is -0.343 e. The van der Waals surface area contributed by atoms with Crippen LogP contribution in [-0.2, 0) is 52.1 Å². The highest BCUT2D eigenvalue weighted by Crippen LogP contribution is 2.56. The maximum atomic E-state index is 15.4. The lowest BCUT2D eigenvalue weighted by molar-refractivity contribution is -0.406. The third-order valence-electron chi connectivity index (χ3n) is 22.0. The van der Waals surface area contributed by atoms with Gasteiger partial charge in [-0.2, -0.15) is 9.15 Å². The van der Waals surface area contributed by atoms with E-state index in [0.29, 0.717) is 34.9 Å². The van der Waals surface area contributed by atoms with Gasteiger partial charge in [0.2, 0.25) is 11.4 Å². The average molecular weight is 1400 g/mol. The number of halogens is 2. The minimum absolute atomic E-state index is 0.0621. The molecule has 2 aliphatic carbocycles. The fraction of sp³-hybridized carbons (Fsp3) is 0.289. The van der Waals surface area contributed by atoms with Gasteiger partial charge < -0.3 is 9.80 Å². The molecule has 13 heteroatoms. The van der Waals surface area contributed by atoms with Crippen LogP contribution in [-0.4, -0.2) is 63.4 Å². The lowest BCUT2D eigenvalue weighted by Gasteiger charge is -2.35. The highest BCUT2D eigenvalue weighted by molar-refractivity contribution is 9.11. The number of anilines is 2. The van der Waals surface area contributed by atoms with Crippen molar-refractivity contribution in [3.63, 3.8) is 0 Å². The fourth-order valence-electron chi connectivity index (χ4n) is 17.7. The lowest BCUT2D eigenvalue weighted by atomic mass is 9.67. The van der Waals surface area contributed by atoms with E-state index in [4.69, 9.17) is 0 Å². The van der Waals surface area contributed by atoms with Crippen LogP contribution in [0.4, 0.5) is 34.1 Å². The van der Waals surface area contributed by atoms with Crippen LogP contribution in [0.15, 0.2) is 251 Å². The van der Waals surface area contributed by atoms with E-state index in [-0.39, 0.29) is 37.8 Å². The number of ketones is 1. The van der Waals surface area contributed by atoms with Gasteiger partial charge in [0.1, 0.15) is 19.9 Å². The highest BCUT2D eigenvalue weighted by Gasteiger charge is 2.54. The molecule has 0 saturated heterocycles. The molecule has 0 radical (unpaired) electrons. The van der Waals surface area contributed by atoms with Crippen molar-refractivity contribution in [1.82, 2.24) is 0 Å². The third-order valence-corrected chi connectivity index (χ3v) is 23.3. The summed E-state index contributed by atoms with van der Waals surface area (Å²) in [6.45, 7) is 0.933. The van der Waals surface area contributed by atoms with E-state index < -0.39 is 10.8 Å². The quantitative estimate of drug-likeness (QED) is 0.0424. The number of benzene rings is 8. The zero-order valence-electron chi connectivity index (χ0n) is 54.6. The van der Waals surface area contributed by atoms with Gasteiger partial charge in [-0.1, -0.05) is 208 Å². The number of carbonyl (C=O) groups is 1. The first-order valence-corrected chi connectivity index (χ1v) is 35.7. The van der Waals surface area contributed by atoms with Crippen molar-refractivity contribution >= 4 is 83.2 Å². The molecule has 6 aliphatic rings. The van der Waals surface area contributed by atoms with E-state index in [0.717, 1.165) is 147 Å². The molecule has 484 valence electrons. The largest absolute Gasteiger partial charge is 0.343 e. The van der Waals surface area contributed by atoms with Gasteiger partial charge in [-0.15, -0.1) is 0 Å². The smallest absolute Gasteiger partial charge is 0.290 e. The Morgan fingerprint density at radius 1 is 0.458 bits per heavy atom. The Balaban J connectivity index is 0.842. The first-order valence-electron chi connectivity index (χ1n) is 34.1. The van der Waals surface area contributed by atoms with Gasteiger partial charge in [-0.25, -0.2) is 0 Å². The van der Waals surface area contributed by atoms with Crippen LogP contribution < -0.4 is 9.80 Å². The average Bonchev–Trinajstić information content (AvgIpc) is 1.59. The summed E-state index contributed by atoms with van der Waals surface area (Å²) < 4.78 is 5.39. The Kier molecular flexibility index (Phi) is 18.1. The molecular formula is C83H80Br2N6O5+2. The molecule has 8 aromatic carbocycles. The van der Waals surface area contributed by atoms with Gasteiger partial charge in [0.05, 0.1) is 41.8 Å². The maximum absolute atomic E-state index is 15.4. The number of hydrogen-bond acceptors (Lipinski definition) is 7. The molecule has 0 N–H and O–H groups in total. The van der Waals surface area contributed by atoms with E-state index in [9.17, 15) is 20.2 Å². The van der Waals surface area contributed by atoms with Gasteiger partial charge in [-0.3, -0.25) is 25.0 Å². The summed E-state index contributed by atoms with van der Waals surface area (Å²) in [5, 5.41) is 24.8. The Morgan fingerprint density at radius 2 is 0.781 bits per heavy atom. The van der Waals surface area contributed by atoms with E-state index in [1.165, 1.54) is 33.4 Å². The maximum Gasteiger partial charge on any atom is 0.290 e. The molecule has 0 aromatic heterocycles. The summed E-state index contributed by atoms with van der Waals surface area (Å²) in [7, 11) is 4.12. The van der Waals surface area contributed by atoms with Gasteiger partial charge in [-0.05, 0) is 153 Å².